The first-order chi connectivity index (χ1) is 11.7. The zero-order chi connectivity index (χ0) is 18.6. The predicted molar refractivity (Wildman–Crippen MR) is 92.3 cm³/mol. The summed E-state index contributed by atoms with van der Waals surface area (Å²) in [4.78, 5) is 24.6. The number of hydrogen-bond acceptors (Lipinski definition) is 6. The molecular formula is C17H22N4O4. The van der Waals surface area contributed by atoms with Gasteiger partial charge in [-0.05, 0) is 45.7 Å². The molecule has 0 saturated carbocycles. The van der Waals surface area contributed by atoms with Crippen molar-refractivity contribution >= 4 is 17.5 Å². The van der Waals surface area contributed by atoms with E-state index < -0.39 is 10.5 Å². The number of nitrogens with zero attached hydrogens (tertiary/aromatic N) is 3. The standard InChI is InChI=1S/C17H22N4O4/c1-17(2,3)25-16(22)20-8-4-5-13(20)11-19-14-7-6-12(10-18)9-15(14)21(23)24/h6-7,9,13,19H,4-5,8,11H2,1-3H3. The van der Waals surface area contributed by atoms with E-state index in [2.05, 4.69) is 5.32 Å². The summed E-state index contributed by atoms with van der Waals surface area (Å²) in [6.07, 6.45) is 1.29. The summed E-state index contributed by atoms with van der Waals surface area (Å²) in [5, 5.41) is 23.1. The lowest BCUT2D eigenvalue weighted by Crippen LogP contribution is -2.42. The van der Waals surface area contributed by atoms with Crippen LogP contribution >= 0.6 is 0 Å². The molecule has 1 aromatic rings. The molecule has 25 heavy (non-hydrogen) atoms. The van der Waals surface area contributed by atoms with E-state index in [4.69, 9.17) is 10.00 Å². The molecule has 8 heteroatoms. The maximum Gasteiger partial charge on any atom is 0.410 e. The van der Waals surface area contributed by atoms with Gasteiger partial charge in [0.25, 0.3) is 5.69 Å². The van der Waals surface area contributed by atoms with E-state index in [1.54, 1.807) is 4.90 Å². The Balaban J connectivity index is 2.06. The van der Waals surface area contributed by atoms with Gasteiger partial charge in [-0.25, -0.2) is 4.79 Å². The summed E-state index contributed by atoms with van der Waals surface area (Å²) >= 11 is 0. The number of ether oxygens (including phenoxy) is 1. The molecule has 0 radical (unpaired) electrons. The van der Waals surface area contributed by atoms with Gasteiger partial charge >= 0.3 is 6.09 Å². The molecule has 1 aromatic carbocycles. The first-order valence-corrected chi connectivity index (χ1v) is 8.13. The Morgan fingerprint density at radius 3 is 2.84 bits per heavy atom. The minimum Gasteiger partial charge on any atom is -0.444 e. The molecule has 0 spiro atoms. The predicted octanol–water partition coefficient (Wildman–Crippen LogP) is 3.28. The van der Waals surface area contributed by atoms with Crippen molar-refractivity contribution in [3.63, 3.8) is 0 Å². The minimum absolute atomic E-state index is 0.0925. The molecule has 0 bridgehead atoms. The topological polar surface area (TPSA) is 108 Å². The lowest BCUT2D eigenvalue weighted by molar-refractivity contribution is -0.384. The van der Waals surface area contributed by atoms with Crippen molar-refractivity contribution in [2.75, 3.05) is 18.4 Å². The van der Waals surface area contributed by atoms with Gasteiger partial charge in [-0.1, -0.05) is 0 Å². The number of benzene rings is 1. The van der Waals surface area contributed by atoms with Gasteiger partial charge in [-0.3, -0.25) is 10.1 Å². The van der Waals surface area contributed by atoms with Gasteiger partial charge in [0.2, 0.25) is 0 Å². The van der Waals surface area contributed by atoms with Gasteiger partial charge in [0.05, 0.1) is 22.6 Å². The Labute approximate surface area is 146 Å². The summed E-state index contributed by atoms with van der Waals surface area (Å²) in [5.41, 5.74) is -0.154. The highest BCUT2D eigenvalue weighted by molar-refractivity contribution is 5.69. The van der Waals surface area contributed by atoms with Crippen molar-refractivity contribution in [2.24, 2.45) is 0 Å². The molecule has 134 valence electrons. The second-order valence-electron chi connectivity index (χ2n) is 6.95. The Morgan fingerprint density at radius 1 is 1.52 bits per heavy atom. The number of hydrogen-bond donors (Lipinski definition) is 1. The fourth-order valence-electron chi connectivity index (χ4n) is 2.74. The normalized spacial score (nSPS) is 17.0. The van der Waals surface area contributed by atoms with Crippen LogP contribution in [0.15, 0.2) is 18.2 Å². The quantitative estimate of drug-likeness (QED) is 0.662. The number of carbonyl (C=O) groups excluding carboxylic acids is 1. The molecule has 1 fully saturated rings. The van der Waals surface area contributed by atoms with Crippen LogP contribution in [0.2, 0.25) is 0 Å². The lowest BCUT2D eigenvalue weighted by Gasteiger charge is -2.28. The number of carbonyl (C=O) groups is 1. The first kappa shape index (κ1) is 18.5. The smallest absolute Gasteiger partial charge is 0.410 e. The highest BCUT2D eigenvalue weighted by Crippen LogP contribution is 2.27. The zero-order valence-corrected chi connectivity index (χ0v) is 14.6. The number of amides is 1. The molecule has 1 saturated heterocycles. The molecule has 1 amide bonds. The molecular weight excluding hydrogens is 324 g/mol. The Hall–Kier alpha value is -2.82. The van der Waals surface area contributed by atoms with E-state index in [1.807, 2.05) is 26.8 Å². The van der Waals surface area contributed by atoms with Gasteiger partial charge in [0.1, 0.15) is 11.3 Å². The van der Waals surface area contributed by atoms with Gasteiger partial charge in [0.15, 0.2) is 0 Å². The summed E-state index contributed by atoms with van der Waals surface area (Å²) in [5.74, 6) is 0. The molecule has 1 unspecified atom stereocenters. The minimum atomic E-state index is -0.566. The molecule has 1 heterocycles. The molecule has 0 aromatic heterocycles. The van der Waals surface area contributed by atoms with Crippen LogP contribution in [0.1, 0.15) is 39.2 Å². The van der Waals surface area contributed by atoms with Crippen LogP contribution in [0, 0.1) is 21.4 Å². The van der Waals surface area contributed by atoms with Gasteiger partial charge < -0.3 is 15.0 Å². The molecule has 0 aliphatic carbocycles. The lowest BCUT2D eigenvalue weighted by atomic mass is 10.1. The van der Waals surface area contributed by atoms with Crippen molar-refractivity contribution in [3.8, 4) is 6.07 Å². The summed E-state index contributed by atoms with van der Waals surface area (Å²) in [7, 11) is 0. The van der Waals surface area contributed by atoms with Crippen LogP contribution in [0.5, 0.6) is 0 Å². The Morgan fingerprint density at radius 2 is 2.24 bits per heavy atom. The third kappa shape index (κ3) is 4.83. The highest BCUT2D eigenvalue weighted by atomic mass is 16.6. The fourth-order valence-corrected chi connectivity index (χ4v) is 2.74. The summed E-state index contributed by atoms with van der Waals surface area (Å²) in [6, 6.07) is 6.08. The number of anilines is 1. The monoisotopic (exact) mass is 346 g/mol. The average Bonchev–Trinajstić information content (AvgIpc) is 2.99. The Kier molecular flexibility index (Phi) is 5.47. The number of rotatable bonds is 4. The summed E-state index contributed by atoms with van der Waals surface area (Å²) in [6.45, 7) is 6.43. The van der Waals surface area contributed by atoms with Crippen LogP contribution in [0.4, 0.5) is 16.2 Å². The van der Waals surface area contributed by atoms with Crippen molar-refractivity contribution in [3.05, 3.63) is 33.9 Å². The number of nitro benzene ring substituents is 1. The highest BCUT2D eigenvalue weighted by Gasteiger charge is 2.32. The van der Waals surface area contributed by atoms with Gasteiger partial charge in [-0.2, -0.15) is 5.26 Å². The van der Waals surface area contributed by atoms with Crippen LogP contribution in [-0.2, 0) is 4.74 Å². The van der Waals surface area contributed by atoms with Crippen molar-refractivity contribution in [1.82, 2.24) is 4.90 Å². The molecule has 8 nitrogen and oxygen atoms in total. The van der Waals surface area contributed by atoms with Gasteiger partial charge in [-0.15, -0.1) is 0 Å². The number of likely N-dealkylation sites (tertiary alicyclic amines) is 1. The fraction of sp³-hybridized carbons (Fsp3) is 0.529. The van der Waals surface area contributed by atoms with E-state index in [-0.39, 0.29) is 23.4 Å². The summed E-state index contributed by atoms with van der Waals surface area (Å²) < 4.78 is 5.41. The molecule has 1 atom stereocenters. The van der Waals surface area contributed by atoms with Gasteiger partial charge in [0, 0.05) is 19.2 Å². The second kappa shape index (κ2) is 7.38. The largest absolute Gasteiger partial charge is 0.444 e. The molecule has 2 rings (SSSR count). The number of nitrogens with one attached hydrogen (secondary N) is 1. The van der Waals surface area contributed by atoms with Crippen LogP contribution in [0.3, 0.4) is 0 Å². The van der Waals surface area contributed by atoms with Crippen molar-refractivity contribution < 1.29 is 14.5 Å². The van der Waals surface area contributed by atoms with Crippen LogP contribution in [0.25, 0.3) is 0 Å². The maximum atomic E-state index is 12.3. The van der Waals surface area contributed by atoms with E-state index in [9.17, 15) is 14.9 Å². The van der Waals surface area contributed by atoms with Crippen molar-refractivity contribution in [2.45, 2.75) is 45.3 Å². The van der Waals surface area contributed by atoms with E-state index in [1.165, 1.54) is 18.2 Å². The SMILES string of the molecule is CC(C)(C)OC(=O)N1CCCC1CNc1ccc(C#N)cc1[N+](=O)[O-]. The average molecular weight is 346 g/mol. The second-order valence-corrected chi connectivity index (χ2v) is 6.95. The number of nitriles is 1. The van der Waals surface area contributed by atoms with Crippen LogP contribution < -0.4 is 5.32 Å². The first-order valence-electron chi connectivity index (χ1n) is 8.13. The van der Waals surface area contributed by atoms with Crippen LogP contribution in [-0.4, -0.2) is 40.6 Å². The van der Waals surface area contributed by atoms with Crippen molar-refractivity contribution in [1.29, 1.82) is 5.26 Å². The number of nitro groups is 1. The van der Waals surface area contributed by atoms with E-state index in [0.717, 1.165) is 12.8 Å². The van der Waals surface area contributed by atoms with E-state index in [0.29, 0.717) is 18.8 Å². The van der Waals surface area contributed by atoms with E-state index >= 15 is 0 Å². The maximum absolute atomic E-state index is 12.3. The molecule has 1 aliphatic rings. The zero-order valence-electron chi connectivity index (χ0n) is 14.6. The Bertz CT molecular complexity index is 706. The third-order valence-corrected chi connectivity index (χ3v) is 3.86. The molecule has 1 aliphatic heterocycles. The third-order valence-electron chi connectivity index (χ3n) is 3.86. The molecule has 1 N–H and O–H groups in total.